The van der Waals surface area contributed by atoms with Crippen LogP contribution in [0.2, 0.25) is 0 Å². The molecule has 3 nitrogen and oxygen atoms in total. The summed E-state index contributed by atoms with van der Waals surface area (Å²) in [5, 5.41) is 0. The van der Waals surface area contributed by atoms with E-state index in [0.717, 1.165) is 25.9 Å². The summed E-state index contributed by atoms with van der Waals surface area (Å²) in [6, 6.07) is 0. The van der Waals surface area contributed by atoms with Crippen molar-refractivity contribution in [1.82, 2.24) is 4.90 Å². The number of carbonyl (C=O) groups excluding carboxylic acids is 1. The quantitative estimate of drug-likeness (QED) is 0.363. The van der Waals surface area contributed by atoms with Gasteiger partial charge in [-0.15, -0.1) is 12.3 Å². The van der Waals surface area contributed by atoms with Crippen LogP contribution in [0.5, 0.6) is 0 Å². The molecule has 1 unspecified atom stereocenters. The third-order valence-corrected chi connectivity index (χ3v) is 2.05. The lowest BCUT2D eigenvalue weighted by Gasteiger charge is -2.19. The molecule has 0 saturated heterocycles. The summed E-state index contributed by atoms with van der Waals surface area (Å²) in [6.07, 6.45) is 6.90. The van der Waals surface area contributed by atoms with Gasteiger partial charge < -0.3 is 9.64 Å². The van der Waals surface area contributed by atoms with E-state index < -0.39 is 0 Å². The number of unbranched alkanes of at least 4 members (excludes halogenated alkanes) is 1. The van der Waals surface area contributed by atoms with Crippen molar-refractivity contribution in [3.8, 4) is 12.3 Å². The van der Waals surface area contributed by atoms with Gasteiger partial charge in [0.2, 0.25) is 0 Å². The molecule has 0 N–H and O–H groups in total. The molecule has 0 aliphatic rings. The standard InChI is InChI=1S/C11H19NO2/c1-5-6-7-8-12(3)9-10(2)11(13)14-4/h1,10H,6-9H2,2-4H3. The lowest BCUT2D eigenvalue weighted by molar-refractivity contribution is -0.145. The molecule has 0 aliphatic heterocycles. The van der Waals surface area contributed by atoms with Crippen LogP contribution >= 0.6 is 0 Å². The van der Waals surface area contributed by atoms with Crippen LogP contribution < -0.4 is 0 Å². The highest BCUT2D eigenvalue weighted by Gasteiger charge is 2.14. The van der Waals surface area contributed by atoms with Crippen LogP contribution in [0.1, 0.15) is 19.8 Å². The van der Waals surface area contributed by atoms with E-state index in [-0.39, 0.29) is 11.9 Å². The molecule has 0 spiro atoms. The van der Waals surface area contributed by atoms with E-state index in [1.54, 1.807) is 0 Å². The molecule has 0 heterocycles. The Hall–Kier alpha value is -1.01. The van der Waals surface area contributed by atoms with Gasteiger partial charge >= 0.3 is 5.97 Å². The summed E-state index contributed by atoms with van der Waals surface area (Å²) in [7, 11) is 3.40. The smallest absolute Gasteiger partial charge is 0.309 e. The van der Waals surface area contributed by atoms with Crippen LogP contribution in [0.4, 0.5) is 0 Å². The van der Waals surface area contributed by atoms with Crippen LogP contribution in [0.3, 0.4) is 0 Å². The van der Waals surface area contributed by atoms with Crippen molar-refractivity contribution in [2.45, 2.75) is 19.8 Å². The Balaban J connectivity index is 3.66. The minimum Gasteiger partial charge on any atom is -0.469 e. The number of methoxy groups -OCH3 is 1. The molecular weight excluding hydrogens is 178 g/mol. The first-order chi connectivity index (χ1) is 6.61. The summed E-state index contributed by atoms with van der Waals surface area (Å²) in [5.41, 5.74) is 0. The Kier molecular flexibility index (Phi) is 6.87. The van der Waals surface area contributed by atoms with Crippen LogP contribution in [0.15, 0.2) is 0 Å². The van der Waals surface area contributed by atoms with Crippen LogP contribution in [0.25, 0.3) is 0 Å². The van der Waals surface area contributed by atoms with Crippen molar-refractivity contribution in [2.24, 2.45) is 5.92 Å². The lowest BCUT2D eigenvalue weighted by atomic mass is 10.1. The van der Waals surface area contributed by atoms with E-state index in [1.165, 1.54) is 7.11 Å². The van der Waals surface area contributed by atoms with Crippen molar-refractivity contribution >= 4 is 5.97 Å². The molecule has 14 heavy (non-hydrogen) atoms. The maximum absolute atomic E-state index is 11.1. The molecular formula is C11H19NO2. The molecule has 1 atom stereocenters. The predicted octanol–water partition coefficient (Wildman–Crippen LogP) is 1.14. The maximum Gasteiger partial charge on any atom is 0.309 e. The molecule has 0 amide bonds. The first kappa shape index (κ1) is 13.0. The number of carbonyl (C=O) groups is 1. The third-order valence-electron chi connectivity index (χ3n) is 2.05. The normalized spacial score (nSPS) is 12.2. The van der Waals surface area contributed by atoms with Gasteiger partial charge in [0.15, 0.2) is 0 Å². The van der Waals surface area contributed by atoms with Crippen molar-refractivity contribution in [3.05, 3.63) is 0 Å². The minimum absolute atomic E-state index is 0.0733. The summed E-state index contributed by atoms with van der Waals surface area (Å²) in [5.74, 6) is 2.36. The first-order valence-electron chi connectivity index (χ1n) is 4.81. The van der Waals surface area contributed by atoms with Crippen LogP contribution in [-0.2, 0) is 9.53 Å². The van der Waals surface area contributed by atoms with Crippen LogP contribution in [0, 0.1) is 18.3 Å². The number of nitrogens with zero attached hydrogens (tertiary/aromatic N) is 1. The molecule has 0 aromatic carbocycles. The molecule has 0 aromatic heterocycles. The van der Waals surface area contributed by atoms with E-state index in [0.29, 0.717) is 0 Å². The van der Waals surface area contributed by atoms with Crippen molar-refractivity contribution < 1.29 is 9.53 Å². The van der Waals surface area contributed by atoms with E-state index in [9.17, 15) is 4.79 Å². The van der Waals surface area contributed by atoms with Gasteiger partial charge in [-0.3, -0.25) is 4.79 Å². The van der Waals surface area contributed by atoms with Gasteiger partial charge in [0.05, 0.1) is 13.0 Å². The molecule has 0 aromatic rings. The van der Waals surface area contributed by atoms with Gasteiger partial charge in [0, 0.05) is 13.0 Å². The molecule has 0 aliphatic carbocycles. The largest absolute Gasteiger partial charge is 0.469 e. The van der Waals surface area contributed by atoms with Crippen molar-refractivity contribution in [3.63, 3.8) is 0 Å². The topological polar surface area (TPSA) is 29.5 Å². The van der Waals surface area contributed by atoms with Crippen molar-refractivity contribution in [2.75, 3.05) is 27.2 Å². The highest BCUT2D eigenvalue weighted by Crippen LogP contribution is 2.01. The zero-order valence-electron chi connectivity index (χ0n) is 9.25. The summed E-state index contributed by atoms with van der Waals surface area (Å²) in [6.45, 7) is 3.51. The monoisotopic (exact) mass is 197 g/mol. The summed E-state index contributed by atoms with van der Waals surface area (Å²) in [4.78, 5) is 13.2. The Bertz CT molecular complexity index is 208. The molecule has 0 radical (unpaired) electrons. The van der Waals surface area contributed by atoms with Crippen molar-refractivity contribution in [1.29, 1.82) is 0 Å². The van der Waals surface area contributed by atoms with E-state index in [4.69, 9.17) is 6.42 Å². The highest BCUT2D eigenvalue weighted by molar-refractivity contribution is 5.71. The number of ether oxygens (including phenoxy) is 1. The van der Waals surface area contributed by atoms with Gasteiger partial charge in [0.1, 0.15) is 0 Å². The van der Waals surface area contributed by atoms with Crippen LogP contribution in [-0.4, -0.2) is 38.1 Å². The second kappa shape index (κ2) is 7.40. The molecule has 0 fully saturated rings. The van der Waals surface area contributed by atoms with E-state index in [1.807, 2.05) is 14.0 Å². The molecule has 80 valence electrons. The Labute approximate surface area is 86.4 Å². The Morgan fingerprint density at radius 2 is 2.29 bits per heavy atom. The number of rotatable bonds is 6. The Morgan fingerprint density at radius 1 is 1.64 bits per heavy atom. The fourth-order valence-electron chi connectivity index (χ4n) is 1.29. The van der Waals surface area contributed by atoms with E-state index >= 15 is 0 Å². The zero-order valence-corrected chi connectivity index (χ0v) is 9.25. The van der Waals surface area contributed by atoms with Gasteiger partial charge in [-0.25, -0.2) is 0 Å². The SMILES string of the molecule is C#CCCCN(C)CC(C)C(=O)OC. The van der Waals surface area contributed by atoms with Gasteiger partial charge in [-0.05, 0) is 20.0 Å². The number of terminal acetylenes is 1. The molecule has 3 heteroatoms. The number of hydrogen-bond donors (Lipinski definition) is 0. The van der Waals surface area contributed by atoms with Gasteiger partial charge in [-0.1, -0.05) is 6.92 Å². The second-order valence-corrected chi connectivity index (χ2v) is 3.49. The number of esters is 1. The molecule has 0 saturated carbocycles. The minimum atomic E-state index is -0.159. The third kappa shape index (κ3) is 5.60. The fraction of sp³-hybridized carbons (Fsp3) is 0.727. The molecule has 0 bridgehead atoms. The lowest BCUT2D eigenvalue weighted by Crippen LogP contribution is -2.30. The fourth-order valence-corrected chi connectivity index (χ4v) is 1.29. The maximum atomic E-state index is 11.1. The van der Waals surface area contributed by atoms with E-state index in [2.05, 4.69) is 15.6 Å². The number of hydrogen-bond acceptors (Lipinski definition) is 3. The zero-order chi connectivity index (χ0) is 11.0. The van der Waals surface area contributed by atoms with Gasteiger partial charge in [0.25, 0.3) is 0 Å². The molecule has 0 rings (SSSR count). The average Bonchev–Trinajstić information content (AvgIpc) is 2.16. The summed E-state index contributed by atoms with van der Waals surface area (Å²) >= 11 is 0. The second-order valence-electron chi connectivity index (χ2n) is 3.49. The predicted molar refractivity (Wildman–Crippen MR) is 56.7 cm³/mol. The average molecular weight is 197 g/mol. The Morgan fingerprint density at radius 3 is 2.79 bits per heavy atom. The van der Waals surface area contributed by atoms with Gasteiger partial charge in [-0.2, -0.15) is 0 Å². The first-order valence-corrected chi connectivity index (χ1v) is 4.81. The summed E-state index contributed by atoms with van der Waals surface area (Å²) < 4.78 is 4.64. The highest BCUT2D eigenvalue weighted by atomic mass is 16.5.